The first kappa shape index (κ1) is 10.5. The lowest BCUT2D eigenvalue weighted by Crippen LogP contribution is -2.32. The van der Waals surface area contributed by atoms with Gasteiger partial charge in [-0.15, -0.1) is 0 Å². The lowest BCUT2D eigenvalue weighted by Gasteiger charge is -2.34. The fourth-order valence-corrected chi connectivity index (χ4v) is 2.85. The molecule has 0 radical (unpaired) electrons. The van der Waals surface area contributed by atoms with E-state index in [9.17, 15) is 0 Å². The van der Waals surface area contributed by atoms with Crippen molar-refractivity contribution < 1.29 is 0 Å². The van der Waals surface area contributed by atoms with Gasteiger partial charge in [-0.3, -0.25) is 0 Å². The van der Waals surface area contributed by atoms with Crippen molar-refractivity contribution in [1.29, 1.82) is 0 Å². The molecule has 1 N–H and O–H groups in total. The van der Waals surface area contributed by atoms with E-state index in [1.54, 1.807) is 0 Å². The summed E-state index contributed by atoms with van der Waals surface area (Å²) in [6, 6.07) is 0.895. The van der Waals surface area contributed by atoms with Crippen LogP contribution in [0.15, 0.2) is 0 Å². The summed E-state index contributed by atoms with van der Waals surface area (Å²) in [6.45, 7) is 6.10. The zero-order chi connectivity index (χ0) is 9.97. The number of rotatable bonds is 4. The predicted octanol–water partition coefficient (Wildman–Crippen LogP) is 3.20. The summed E-state index contributed by atoms with van der Waals surface area (Å²) in [5.41, 5.74) is 0. The second kappa shape index (κ2) is 4.65. The Morgan fingerprint density at radius 1 is 1.14 bits per heavy atom. The van der Waals surface area contributed by atoms with Crippen LogP contribution in [0.1, 0.15) is 52.4 Å². The number of nitrogens with one attached hydrogen (secondary N) is 1. The van der Waals surface area contributed by atoms with Gasteiger partial charge in [-0.25, -0.2) is 0 Å². The molecular formula is C13H25N. The quantitative estimate of drug-likeness (QED) is 0.726. The molecule has 1 heteroatoms. The molecule has 0 bridgehead atoms. The zero-order valence-corrected chi connectivity index (χ0v) is 9.76. The second-order valence-corrected chi connectivity index (χ2v) is 5.51. The average Bonchev–Trinajstić information content (AvgIpc) is 2.99. The molecule has 0 aromatic rings. The van der Waals surface area contributed by atoms with Crippen LogP contribution in [-0.4, -0.2) is 12.6 Å². The zero-order valence-electron chi connectivity index (χ0n) is 9.76. The highest BCUT2D eigenvalue weighted by Crippen LogP contribution is 2.35. The first-order valence-corrected chi connectivity index (χ1v) is 6.53. The molecule has 0 spiro atoms. The Bertz CT molecular complexity index is 174. The SMILES string of the molecule is CCC1CCC(CNC2CC2)C(C)C1. The topological polar surface area (TPSA) is 12.0 Å². The van der Waals surface area contributed by atoms with Crippen molar-refractivity contribution in [2.24, 2.45) is 17.8 Å². The third-order valence-corrected chi connectivity index (χ3v) is 4.28. The van der Waals surface area contributed by atoms with Gasteiger partial charge in [0.15, 0.2) is 0 Å². The molecule has 3 unspecified atom stereocenters. The third kappa shape index (κ3) is 2.73. The highest BCUT2D eigenvalue weighted by atomic mass is 14.9. The molecular weight excluding hydrogens is 170 g/mol. The van der Waals surface area contributed by atoms with Crippen molar-refractivity contribution in [2.45, 2.75) is 58.4 Å². The van der Waals surface area contributed by atoms with Crippen molar-refractivity contribution in [3.05, 3.63) is 0 Å². The van der Waals surface area contributed by atoms with E-state index in [2.05, 4.69) is 19.2 Å². The van der Waals surface area contributed by atoms with Gasteiger partial charge < -0.3 is 5.32 Å². The van der Waals surface area contributed by atoms with Crippen molar-refractivity contribution in [3.63, 3.8) is 0 Å². The molecule has 2 aliphatic carbocycles. The first-order chi connectivity index (χ1) is 6.79. The molecule has 2 saturated carbocycles. The van der Waals surface area contributed by atoms with E-state index in [1.807, 2.05) is 0 Å². The Kier molecular flexibility index (Phi) is 3.48. The van der Waals surface area contributed by atoms with E-state index >= 15 is 0 Å². The summed E-state index contributed by atoms with van der Waals surface area (Å²) in [6.07, 6.45) is 8.69. The van der Waals surface area contributed by atoms with Gasteiger partial charge in [0.2, 0.25) is 0 Å². The molecule has 14 heavy (non-hydrogen) atoms. The van der Waals surface area contributed by atoms with Crippen LogP contribution in [0.2, 0.25) is 0 Å². The van der Waals surface area contributed by atoms with E-state index in [0.29, 0.717) is 0 Å². The summed E-state index contributed by atoms with van der Waals surface area (Å²) < 4.78 is 0. The molecule has 0 aliphatic heterocycles. The Labute approximate surface area is 88.7 Å². The molecule has 0 heterocycles. The normalized spacial score (nSPS) is 38.6. The van der Waals surface area contributed by atoms with Crippen LogP contribution in [0.4, 0.5) is 0 Å². The molecule has 2 fully saturated rings. The molecule has 0 amide bonds. The van der Waals surface area contributed by atoms with Gasteiger partial charge in [-0.05, 0) is 50.0 Å². The predicted molar refractivity (Wildman–Crippen MR) is 61.3 cm³/mol. The Morgan fingerprint density at radius 2 is 1.93 bits per heavy atom. The molecule has 2 aliphatic rings. The van der Waals surface area contributed by atoms with Crippen LogP contribution in [-0.2, 0) is 0 Å². The molecule has 1 nitrogen and oxygen atoms in total. The minimum atomic E-state index is 0.895. The van der Waals surface area contributed by atoms with Gasteiger partial charge in [-0.1, -0.05) is 26.7 Å². The van der Waals surface area contributed by atoms with Gasteiger partial charge in [0.1, 0.15) is 0 Å². The lowest BCUT2D eigenvalue weighted by atomic mass is 9.74. The van der Waals surface area contributed by atoms with Crippen LogP contribution in [0.5, 0.6) is 0 Å². The van der Waals surface area contributed by atoms with E-state index in [-0.39, 0.29) is 0 Å². The van der Waals surface area contributed by atoms with Gasteiger partial charge >= 0.3 is 0 Å². The largest absolute Gasteiger partial charge is 0.314 e. The second-order valence-electron chi connectivity index (χ2n) is 5.51. The maximum absolute atomic E-state index is 3.69. The van der Waals surface area contributed by atoms with Crippen LogP contribution in [0.25, 0.3) is 0 Å². The van der Waals surface area contributed by atoms with Crippen molar-refractivity contribution >= 4 is 0 Å². The number of hydrogen-bond donors (Lipinski definition) is 1. The molecule has 0 aromatic heterocycles. The fraction of sp³-hybridized carbons (Fsp3) is 1.00. The molecule has 0 saturated heterocycles. The molecule has 82 valence electrons. The highest BCUT2D eigenvalue weighted by Gasteiger charge is 2.28. The van der Waals surface area contributed by atoms with Crippen molar-refractivity contribution in [3.8, 4) is 0 Å². The maximum atomic E-state index is 3.69. The van der Waals surface area contributed by atoms with Crippen LogP contribution in [0.3, 0.4) is 0 Å². The van der Waals surface area contributed by atoms with Crippen LogP contribution in [0, 0.1) is 17.8 Å². The molecule has 0 aromatic carbocycles. The summed E-state index contributed by atoms with van der Waals surface area (Å²) >= 11 is 0. The lowest BCUT2D eigenvalue weighted by molar-refractivity contribution is 0.186. The minimum Gasteiger partial charge on any atom is -0.314 e. The minimum absolute atomic E-state index is 0.895. The smallest absolute Gasteiger partial charge is 0.00683 e. The Balaban J connectivity index is 1.70. The van der Waals surface area contributed by atoms with Crippen LogP contribution >= 0.6 is 0 Å². The van der Waals surface area contributed by atoms with E-state index in [1.165, 1.54) is 45.1 Å². The highest BCUT2D eigenvalue weighted by molar-refractivity contribution is 4.84. The Hall–Kier alpha value is -0.0400. The van der Waals surface area contributed by atoms with Crippen molar-refractivity contribution in [2.75, 3.05) is 6.54 Å². The van der Waals surface area contributed by atoms with Gasteiger partial charge in [0.05, 0.1) is 0 Å². The van der Waals surface area contributed by atoms with E-state index in [4.69, 9.17) is 0 Å². The summed E-state index contributed by atoms with van der Waals surface area (Å²) in [5.74, 6) is 2.96. The first-order valence-electron chi connectivity index (χ1n) is 6.53. The van der Waals surface area contributed by atoms with Gasteiger partial charge in [0.25, 0.3) is 0 Å². The number of hydrogen-bond acceptors (Lipinski definition) is 1. The monoisotopic (exact) mass is 195 g/mol. The van der Waals surface area contributed by atoms with Crippen molar-refractivity contribution in [1.82, 2.24) is 5.32 Å². The summed E-state index contributed by atoms with van der Waals surface area (Å²) in [4.78, 5) is 0. The maximum Gasteiger partial charge on any atom is 0.00683 e. The summed E-state index contributed by atoms with van der Waals surface area (Å²) in [5, 5.41) is 3.69. The van der Waals surface area contributed by atoms with Crippen LogP contribution < -0.4 is 5.32 Å². The van der Waals surface area contributed by atoms with Gasteiger partial charge in [-0.2, -0.15) is 0 Å². The van der Waals surface area contributed by atoms with E-state index < -0.39 is 0 Å². The third-order valence-electron chi connectivity index (χ3n) is 4.28. The van der Waals surface area contributed by atoms with Gasteiger partial charge in [0, 0.05) is 6.04 Å². The molecule has 3 atom stereocenters. The Morgan fingerprint density at radius 3 is 2.50 bits per heavy atom. The van der Waals surface area contributed by atoms with E-state index in [0.717, 1.165) is 23.8 Å². The summed E-state index contributed by atoms with van der Waals surface area (Å²) in [7, 11) is 0. The molecule has 2 rings (SSSR count). The fourth-order valence-electron chi connectivity index (χ4n) is 2.85. The standard InChI is InChI=1S/C13H25N/c1-3-11-4-5-12(10(2)8-11)9-14-13-6-7-13/h10-14H,3-9H2,1-2H3. The average molecular weight is 195 g/mol.